The molecule has 3 rings (SSSR count). The second-order valence-electron chi connectivity index (χ2n) is 7.92. The third-order valence-electron chi connectivity index (χ3n) is 5.74. The number of benzene rings is 1. The topological polar surface area (TPSA) is 47.6 Å². The van der Waals surface area contributed by atoms with Crippen molar-refractivity contribution in [1.82, 2.24) is 10.2 Å². The van der Waals surface area contributed by atoms with Gasteiger partial charge in [0.1, 0.15) is 0 Å². The summed E-state index contributed by atoms with van der Waals surface area (Å²) in [6.07, 6.45) is -3.45. The van der Waals surface area contributed by atoms with Crippen LogP contribution in [0.2, 0.25) is 0 Å². The molecular weight excluding hydrogens is 381 g/mol. The van der Waals surface area contributed by atoms with E-state index in [1.54, 1.807) is 12.1 Å². The maximum absolute atomic E-state index is 12.6. The zero-order valence-electron chi connectivity index (χ0n) is 17.1. The van der Waals surface area contributed by atoms with E-state index in [4.69, 9.17) is 0 Å². The fourth-order valence-corrected chi connectivity index (χ4v) is 4.03. The van der Waals surface area contributed by atoms with Crippen molar-refractivity contribution < 1.29 is 18.0 Å². The van der Waals surface area contributed by atoms with Gasteiger partial charge in [-0.3, -0.25) is 4.79 Å². The number of nitrogens with zero attached hydrogens (tertiary/aromatic N) is 2. The first kappa shape index (κ1) is 21.9. The fourth-order valence-electron chi connectivity index (χ4n) is 4.03. The fraction of sp³-hybridized carbons (Fsp3) is 0.667. The highest BCUT2D eigenvalue weighted by Gasteiger charge is 2.28. The molecule has 0 amide bonds. The van der Waals surface area contributed by atoms with E-state index in [1.807, 2.05) is 6.92 Å². The van der Waals surface area contributed by atoms with Crippen LogP contribution >= 0.6 is 0 Å². The number of hydrogen-bond acceptors (Lipinski definition) is 5. The Morgan fingerprint density at radius 2 is 1.83 bits per heavy atom. The summed E-state index contributed by atoms with van der Waals surface area (Å²) in [7, 11) is 0. The Morgan fingerprint density at radius 1 is 1.14 bits per heavy atom. The Balaban J connectivity index is 1.77. The normalized spacial score (nSPS) is 18.3. The first-order chi connectivity index (χ1) is 13.8. The van der Waals surface area contributed by atoms with E-state index < -0.39 is 24.8 Å². The lowest BCUT2D eigenvalue weighted by Crippen LogP contribution is -2.44. The molecule has 2 N–H and O–H groups in total. The molecule has 1 aromatic carbocycles. The van der Waals surface area contributed by atoms with Crippen molar-refractivity contribution in [1.29, 1.82) is 0 Å². The Labute approximate surface area is 170 Å². The van der Waals surface area contributed by atoms with E-state index in [0.29, 0.717) is 5.56 Å². The molecule has 0 spiro atoms. The summed E-state index contributed by atoms with van der Waals surface area (Å²) >= 11 is 0. The predicted octanol–water partition coefficient (Wildman–Crippen LogP) is 3.44. The Morgan fingerprint density at radius 3 is 2.48 bits per heavy atom. The van der Waals surface area contributed by atoms with E-state index in [2.05, 4.69) is 20.4 Å². The smallest absolute Gasteiger partial charge is 0.383 e. The summed E-state index contributed by atoms with van der Waals surface area (Å²) in [6.45, 7) is 9.25. The van der Waals surface area contributed by atoms with Crippen LogP contribution in [0.1, 0.15) is 41.6 Å². The third kappa shape index (κ3) is 6.34. The number of ketones is 1. The lowest BCUT2D eigenvalue weighted by atomic mass is 10.0. The molecule has 0 aromatic heterocycles. The van der Waals surface area contributed by atoms with Gasteiger partial charge in [0, 0.05) is 62.6 Å². The number of alkyl halides is 3. The van der Waals surface area contributed by atoms with Crippen molar-refractivity contribution >= 4 is 17.2 Å². The molecule has 8 heteroatoms. The van der Waals surface area contributed by atoms with Gasteiger partial charge in [0.15, 0.2) is 5.78 Å². The first-order valence-electron chi connectivity index (χ1n) is 10.5. The Hall–Kier alpha value is -1.80. The van der Waals surface area contributed by atoms with Crippen LogP contribution in [0.15, 0.2) is 12.1 Å². The van der Waals surface area contributed by atoms with Gasteiger partial charge in [0.2, 0.25) is 0 Å². The monoisotopic (exact) mass is 412 g/mol. The summed E-state index contributed by atoms with van der Waals surface area (Å²) < 4.78 is 37.7. The SMILES string of the molecule is Cc1c(NCCN2CCCC2)cc(C(=O)CCC(F)(F)F)cc1N1CCNCC1. The summed E-state index contributed by atoms with van der Waals surface area (Å²) in [4.78, 5) is 17.1. The molecule has 0 aliphatic carbocycles. The number of halogens is 3. The molecule has 2 fully saturated rings. The first-order valence-corrected chi connectivity index (χ1v) is 10.5. The van der Waals surface area contributed by atoms with Crippen LogP contribution in [0.25, 0.3) is 0 Å². The van der Waals surface area contributed by atoms with E-state index in [9.17, 15) is 18.0 Å². The standard InChI is InChI=1S/C21H31F3N4O/c1-16-18(26-8-11-27-9-2-3-10-27)14-17(20(29)4-5-21(22,23)24)15-19(16)28-12-6-25-7-13-28/h14-15,25-26H,2-13H2,1H3. The van der Waals surface area contributed by atoms with E-state index in [0.717, 1.165) is 69.3 Å². The molecule has 2 saturated heterocycles. The molecule has 0 unspecified atom stereocenters. The van der Waals surface area contributed by atoms with Crippen LogP contribution in [-0.4, -0.2) is 69.2 Å². The molecule has 0 bridgehead atoms. The van der Waals surface area contributed by atoms with E-state index in [-0.39, 0.29) is 0 Å². The van der Waals surface area contributed by atoms with Crippen LogP contribution in [0.5, 0.6) is 0 Å². The zero-order valence-corrected chi connectivity index (χ0v) is 17.1. The zero-order chi connectivity index (χ0) is 20.9. The van der Waals surface area contributed by atoms with Crippen LogP contribution in [0, 0.1) is 6.92 Å². The van der Waals surface area contributed by atoms with Gasteiger partial charge in [-0.15, -0.1) is 0 Å². The highest BCUT2D eigenvalue weighted by Crippen LogP contribution is 2.31. The van der Waals surface area contributed by atoms with Gasteiger partial charge in [0.25, 0.3) is 0 Å². The summed E-state index contributed by atoms with van der Waals surface area (Å²) in [6, 6.07) is 3.49. The molecule has 2 aliphatic rings. The van der Waals surface area contributed by atoms with E-state index >= 15 is 0 Å². The Bertz CT molecular complexity index is 696. The molecule has 2 heterocycles. The minimum absolute atomic E-state index is 0.358. The van der Waals surface area contributed by atoms with E-state index in [1.165, 1.54) is 12.8 Å². The summed E-state index contributed by atoms with van der Waals surface area (Å²) in [5.41, 5.74) is 3.18. The number of Topliss-reactive ketones (excluding diaryl/α,β-unsaturated/α-hetero) is 1. The molecule has 0 radical (unpaired) electrons. The average molecular weight is 413 g/mol. The highest BCUT2D eigenvalue weighted by molar-refractivity contribution is 5.98. The molecular formula is C21H31F3N4O. The number of rotatable bonds is 8. The molecule has 29 heavy (non-hydrogen) atoms. The summed E-state index contributed by atoms with van der Waals surface area (Å²) in [5.74, 6) is -0.457. The van der Waals surface area contributed by atoms with Crippen molar-refractivity contribution in [3.05, 3.63) is 23.3 Å². The van der Waals surface area contributed by atoms with Crippen molar-refractivity contribution in [3.8, 4) is 0 Å². The van der Waals surface area contributed by atoms with Crippen molar-refractivity contribution in [2.75, 3.05) is 62.6 Å². The molecule has 0 saturated carbocycles. The molecule has 2 aliphatic heterocycles. The minimum atomic E-state index is -4.32. The average Bonchev–Trinajstić information content (AvgIpc) is 3.21. The quantitative estimate of drug-likeness (QED) is 0.641. The van der Waals surface area contributed by atoms with Gasteiger partial charge in [-0.25, -0.2) is 0 Å². The lowest BCUT2D eigenvalue weighted by molar-refractivity contribution is -0.133. The molecule has 0 atom stereocenters. The van der Waals surface area contributed by atoms with Gasteiger partial charge < -0.3 is 20.4 Å². The maximum Gasteiger partial charge on any atom is 0.389 e. The number of hydrogen-bond donors (Lipinski definition) is 2. The van der Waals surface area contributed by atoms with Gasteiger partial charge in [-0.05, 0) is 50.6 Å². The minimum Gasteiger partial charge on any atom is -0.383 e. The van der Waals surface area contributed by atoms with Crippen LogP contribution in [0.4, 0.5) is 24.5 Å². The Kier molecular flexibility index (Phi) is 7.40. The van der Waals surface area contributed by atoms with Gasteiger partial charge >= 0.3 is 6.18 Å². The molecule has 162 valence electrons. The second kappa shape index (κ2) is 9.80. The maximum atomic E-state index is 12.6. The number of nitrogens with one attached hydrogen (secondary N) is 2. The number of anilines is 2. The number of piperazine rings is 1. The van der Waals surface area contributed by atoms with Crippen molar-refractivity contribution in [2.45, 2.75) is 38.8 Å². The third-order valence-corrected chi connectivity index (χ3v) is 5.74. The van der Waals surface area contributed by atoms with Crippen LogP contribution in [0.3, 0.4) is 0 Å². The number of carbonyl (C=O) groups is 1. The highest BCUT2D eigenvalue weighted by atomic mass is 19.4. The van der Waals surface area contributed by atoms with Gasteiger partial charge in [-0.2, -0.15) is 13.2 Å². The predicted molar refractivity (Wildman–Crippen MR) is 110 cm³/mol. The second-order valence-corrected chi connectivity index (χ2v) is 7.92. The number of carbonyl (C=O) groups excluding carboxylic acids is 1. The summed E-state index contributed by atoms with van der Waals surface area (Å²) in [5, 5.41) is 6.73. The number of likely N-dealkylation sites (tertiary alicyclic amines) is 1. The largest absolute Gasteiger partial charge is 0.389 e. The van der Waals surface area contributed by atoms with Crippen molar-refractivity contribution in [3.63, 3.8) is 0 Å². The van der Waals surface area contributed by atoms with Crippen LogP contribution < -0.4 is 15.5 Å². The van der Waals surface area contributed by atoms with Gasteiger partial charge in [-0.1, -0.05) is 0 Å². The molecule has 5 nitrogen and oxygen atoms in total. The molecule has 1 aromatic rings. The lowest BCUT2D eigenvalue weighted by Gasteiger charge is -2.32. The van der Waals surface area contributed by atoms with Crippen molar-refractivity contribution in [2.24, 2.45) is 0 Å². The van der Waals surface area contributed by atoms with Gasteiger partial charge in [0.05, 0.1) is 6.42 Å². The van der Waals surface area contributed by atoms with Crippen LogP contribution in [-0.2, 0) is 0 Å².